The summed E-state index contributed by atoms with van der Waals surface area (Å²) in [5.74, 6) is 0. The zero-order valence-electron chi connectivity index (χ0n) is 8.25. The van der Waals surface area contributed by atoms with Crippen LogP contribution < -0.4 is 18.9 Å². The summed E-state index contributed by atoms with van der Waals surface area (Å²) in [6, 6.07) is 18.1. The van der Waals surface area contributed by atoms with Crippen LogP contribution in [0.15, 0.2) is 42.5 Å². The summed E-state index contributed by atoms with van der Waals surface area (Å²) in [4.78, 5) is 0. The maximum atomic E-state index is 3.31. The van der Waals surface area contributed by atoms with Gasteiger partial charge in [-0.3, -0.25) is 0 Å². The fourth-order valence-corrected chi connectivity index (χ4v) is 1.99. The fourth-order valence-electron chi connectivity index (χ4n) is 1.99. The Kier molecular flexibility index (Phi) is 2.50. The second-order valence-electron chi connectivity index (χ2n) is 3.40. The van der Waals surface area contributed by atoms with E-state index in [2.05, 4.69) is 42.5 Å². The zero-order valence-corrected chi connectivity index (χ0v) is 8.25. The molecule has 0 amide bonds. The number of hydrogen-bond acceptors (Lipinski definition) is 0. The molecule has 2 aromatic rings. The van der Waals surface area contributed by atoms with E-state index >= 15 is 0 Å². The Morgan fingerprint density at radius 2 is 1.71 bits per heavy atom. The molecule has 0 unspecified atom stereocenters. The quantitative estimate of drug-likeness (QED) is 0.332. The van der Waals surface area contributed by atoms with Gasteiger partial charge in [0.2, 0.25) is 0 Å². The largest absolute Gasteiger partial charge is 1.00 e. The van der Waals surface area contributed by atoms with Gasteiger partial charge in [-0.1, -0.05) is 35.4 Å². The molecule has 0 bridgehead atoms. The second kappa shape index (κ2) is 3.65. The average Bonchev–Trinajstić information content (AvgIpc) is 2.56. The minimum absolute atomic E-state index is 0. The van der Waals surface area contributed by atoms with Gasteiger partial charge in [0.25, 0.3) is 0 Å². The van der Waals surface area contributed by atoms with Crippen molar-refractivity contribution in [3.63, 3.8) is 0 Å². The monoisotopic (exact) mass is 172 g/mol. The van der Waals surface area contributed by atoms with Crippen LogP contribution in [0.25, 0.3) is 11.1 Å². The Bertz CT molecular complexity index is 417. The van der Waals surface area contributed by atoms with Gasteiger partial charge < -0.3 is 0 Å². The van der Waals surface area contributed by atoms with Crippen molar-refractivity contribution in [1.82, 2.24) is 0 Å². The van der Waals surface area contributed by atoms with Crippen LogP contribution in [0.1, 0.15) is 11.1 Å². The Balaban J connectivity index is 0.000000750. The van der Waals surface area contributed by atoms with Gasteiger partial charge in [0, 0.05) is 0 Å². The zero-order chi connectivity index (χ0) is 8.67. The molecule has 1 heteroatoms. The topological polar surface area (TPSA) is 0 Å². The van der Waals surface area contributed by atoms with Crippen LogP contribution in [0.2, 0.25) is 0 Å². The van der Waals surface area contributed by atoms with E-state index in [1.807, 2.05) is 6.07 Å². The van der Waals surface area contributed by atoms with Crippen molar-refractivity contribution in [2.75, 3.05) is 0 Å². The molecule has 62 valence electrons. The summed E-state index contributed by atoms with van der Waals surface area (Å²) >= 11 is 0. The summed E-state index contributed by atoms with van der Waals surface area (Å²) in [6.45, 7) is 0. The molecule has 2 aromatic carbocycles. The normalized spacial score (nSPS) is 11.4. The van der Waals surface area contributed by atoms with Crippen molar-refractivity contribution in [2.24, 2.45) is 0 Å². The van der Waals surface area contributed by atoms with Gasteiger partial charge in [0.1, 0.15) is 0 Å². The molecule has 3 rings (SSSR count). The molecule has 0 heterocycles. The van der Waals surface area contributed by atoms with Crippen molar-refractivity contribution in [2.45, 2.75) is 6.42 Å². The molecule has 0 saturated carbocycles. The first-order valence-corrected chi connectivity index (χ1v) is 4.53. The molecule has 0 atom stereocenters. The van der Waals surface area contributed by atoms with Gasteiger partial charge in [-0.2, -0.15) is 0 Å². The van der Waals surface area contributed by atoms with Crippen LogP contribution >= 0.6 is 0 Å². The first kappa shape index (κ1) is 9.59. The molecular weight excluding hydrogens is 163 g/mol. The third-order valence-corrected chi connectivity index (χ3v) is 2.61. The molecule has 0 saturated heterocycles. The summed E-state index contributed by atoms with van der Waals surface area (Å²) in [5, 5.41) is 0. The van der Waals surface area contributed by atoms with Crippen molar-refractivity contribution >= 4 is 0 Å². The standard InChI is InChI=1S/C13H9.Li/c1-3-7-12-10(5-1)9-11-6-2-4-8-13(11)12;/h1-7H,9H2;/q-1;+1. The number of fused-ring (bicyclic) bond motifs is 3. The van der Waals surface area contributed by atoms with Gasteiger partial charge in [0.15, 0.2) is 0 Å². The molecule has 1 aliphatic carbocycles. The third-order valence-electron chi connectivity index (χ3n) is 2.61. The van der Waals surface area contributed by atoms with E-state index in [0.717, 1.165) is 6.42 Å². The summed E-state index contributed by atoms with van der Waals surface area (Å²) in [6.07, 6.45) is 1.07. The van der Waals surface area contributed by atoms with Crippen LogP contribution in [0, 0.1) is 6.07 Å². The van der Waals surface area contributed by atoms with E-state index in [4.69, 9.17) is 0 Å². The van der Waals surface area contributed by atoms with Crippen LogP contribution in [-0.2, 0) is 6.42 Å². The van der Waals surface area contributed by atoms with E-state index in [0.29, 0.717) is 0 Å². The van der Waals surface area contributed by atoms with Gasteiger partial charge in [-0.05, 0) is 6.42 Å². The summed E-state index contributed by atoms with van der Waals surface area (Å²) in [5.41, 5.74) is 5.49. The van der Waals surface area contributed by atoms with Crippen LogP contribution in [0.4, 0.5) is 0 Å². The molecule has 1 aliphatic rings. The van der Waals surface area contributed by atoms with E-state index < -0.39 is 0 Å². The molecule has 0 N–H and O–H groups in total. The Morgan fingerprint density at radius 3 is 2.64 bits per heavy atom. The average molecular weight is 172 g/mol. The Morgan fingerprint density at radius 1 is 0.929 bits per heavy atom. The van der Waals surface area contributed by atoms with Gasteiger partial charge in [-0.15, -0.1) is 35.4 Å². The number of benzene rings is 2. The molecule has 0 fully saturated rings. The van der Waals surface area contributed by atoms with Gasteiger partial charge >= 0.3 is 18.9 Å². The third kappa shape index (κ3) is 1.32. The summed E-state index contributed by atoms with van der Waals surface area (Å²) in [7, 11) is 0. The van der Waals surface area contributed by atoms with Gasteiger partial charge in [-0.25, -0.2) is 0 Å². The first-order chi connectivity index (χ1) is 6.45. The molecule has 0 radical (unpaired) electrons. The molecular formula is C13H9Li. The minimum Gasteiger partial charge on any atom is -0.147 e. The molecule has 0 nitrogen and oxygen atoms in total. The van der Waals surface area contributed by atoms with Crippen LogP contribution in [0.5, 0.6) is 0 Å². The number of hydrogen-bond donors (Lipinski definition) is 0. The minimum atomic E-state index is 0. The van der Waals surface area contributed by atoms with E-state index in [1.165, 1.54) is 22.3 Å². The fraction of sp³-hybridized carbons (Fsp3) is 0.0769. The van der Waals surface area contributed by atoms with Crippen LogP contribution in [-0.4, -0.2) is 0 Å². The number of rotatable bonds is 0. The van der Waals surface area contributed by atoms with E-state index in [1.54, 1.807) is 0 Å². The molecule has 0 aliphatic heterocycles. The van der Waals surface area contributed by atoms with Gasteiger partial charge in [0.05, 0.1) is 0 Å². The SMILES string of the molecule is [Li+].[c-]1cccc2c1-c1ccccc1C2. The Hall–Kier alpha value is -0.963. The van der Waals surface area contributed by atoms with E-state index in [9.17, 15) is 0 Å². The van der Waals surface area contributed by atoms with Crippen molar-refractivity contribution in [3.05, 3.63) is 59.7 Å². The molecule has 0 spiro atoms. The van der Waals surface area contributed by atoms with Crippen molar-refractivity contribution < 1.29 is 18.9 Å². The Labute approximate surface area is 96.1 Å². The smallest absolute Gasteiger partial charge is 0.147 e. The van der Waals surface area contributed by atoms with Crippen molar-refractivity contribution in [1.29, 1.82) is 0 Å². The first-order valence-electron chi connectivity index (χ1n) is 4.53. The van der Waals surface area contributed by atoms with Crippen molar-refractivity contribution in [3.8, 4) is 11.1 Å². The van der Waals surface area contributed by atoms with Crippen LogP contribution in [0.3, 0.4) is 0 Å². The predicted octanol–water partition coefficient (Wildman–Crippen LogP) is 0.0620. The summed E-state index contributed by atoms with van der Waals surface area (Å²) < 4.78 is 0. The molecule has 14 heavy (non-hydrogen) atoms. The maximum Gasteiger partial charge on any atom is 1.00 e. The van der Waals surface area contributed by atoms with E-state index in [-0.39, 0.29) is 18.9 Å². The molecule has 0 aromatic heterocycles. The maximum absolute atomic E-state index is 3.31. The predicted molar refractivity (Wildman–Crippen MR) is 53.5 cm³/mol. The second-order valence-corrected chi connectivity index (χ2v) is 3.40.